The predicted octanol–water partition coefficient (Wildman–Crippen LogP) is 3.69. The van der Waals surface area contributed by atoms with Crippen molar-refractivity contribution < 1.29 is 13.9 Å². The van der Waals surface area contributed by atoms with Crippen molar-refractivity contribution in [3.05, 3.63) is 70.7 Å². The van der Waals surface area contributed by atoms with Crippen LogP contribution in [0.2, 0.25) is 5.02 Å². The number of hydrogen-bond donors (Lipinski definition) is 3. The quantitative estimate of drug-likeness (QED) is 0.142. The first-order valence-electron chi connectivity index (χ1n) is 11.8. The van der Waals surface area contributed by atoms with E-state index in [0.717, 1.165) is 24.9 Å². The van der Waals surface area contributed by atoms with Gasteiger partial charge in [-0.1, -0.05) is 30.3 Å². The zero-order valence-electron chi connectivity index (χ0n) is 20.4. The van der Waals surface area contributed by atoms with Crippen LogP contribution in [0.1, 0.15) is 24.5 Å². The molecule has 36 heavy (non-hydrogen) atoms. The van der Waals surface area contributed by atoms with E-state index in [2.05, 4.69) is 22.2 Å². The molecule has 4 rings (SSSR count). The number of carbonyl (C=O) groups is 1. The summed E-state index contributed by atoms with van der Waals surface area (Å²) >= 11 is 7.41. The molecule has 3 atom stereocenters. The second-order valence-electron chi connectivity index (χ2n) is 9.25. The third kappa shape index (κ3) is 5.76. The van der Waals surface area contributed by atoms with E-state index in [9.17, 15) is 4.79 Å². The van der Waals surface area contributed by atoms with Gasteiger partial charge < -0.3 is 26.0 Å². The minimum atomic E-state index is -0.504. The number of hydrogen-bond acceptors (Lipinski definition) is 7. The van der Waals surface area contributed by atoms with Crippen molar-refractivity contribution >= 4 is 41.4 Å². The molecular formula is C26H31ClFN5O2S. The van der Waals surface area contributed by atoms with E-state index in [1.807, 2.05) is 19.1 Å². The molecule has 0 saturated carbocycles. The van der Waals surface area contributed by atoms with Crippen LogP contribution in [0.25, 0.3) is 0 Å². The molecule has 2 aromatic rings. The Kier molecular flexibility index (Phi) is 8.37. The maximum atomic E-state index is 15.5. The number of benzene rings is 2. The van der Waals surface area contributed by atoms with Crippen LogP contribution in [0.15, 0.2) is 58.6 Å². The first-order chi connectivity index (χ1) is 17.2. The summed E-state index contributed by atoms with van der Waals surface area (Å²) in [6.45, 7) is 7.80. The van der Waals surface area contributed by atoms with E-state index in [0.29, 0.717) is 39.7 Å². The molecule has 10 heteroatoms. The highest BCUT2D eigenvalue weighted by atomic mass is 35.5. The van der Waals surface area contributed by atoms with Crippen LogP contribution < -0.4 is 21.3 Å². The molecule has 2 aliphatic heterocycles. The molecule has 2 unspecified atom stereocenters. The normalized spacial score (nSPS) is 21.9. The molecule has 0 spiro atoms. The van der Waals surface area contributed by atoms with Crippen molar-refractivity contribution in [3.63, 3.8) is 0 Å². The molecule has 4 N–H and O–H groups in total. The smallest absolute Gasteiger partial charge is 0.224 e. The molecule has 192 valence electrons. The van der Waals surface area contributed by atoms with Crippen LogP contribution >= 0.6 is 23.4 Å². The number of carbonyl (C=O) groups excluding carboxylic acids is 1. The number of fused-ring (bicyclic) bond motifs is 2. The monoisotopic (exact) mass is 531 g/mol. The average Bonchev–Trinajstić information content (AvgIpc) is 3.49. The van der Waals surface area contributed by atoms with E-state index in [1.165, 1.54) is 22.7 Å². The van der Waals surface area contributed by atoms with E-state index >= 15 is 4.39 Å². The number of thioether (sulfide) groups is 1. The van der Waals surface area contributed by atoms with Gasteiger partial charge in [-0.05, 0) is 43.2 Å². The third-order valence-electron chi connectivity index (χ3n) is 6.41. The zero-order chi connectivity index (χ0) is 25.9. The number of anilines is 1. The molecule has 2 bridgehead atoms. The summed E-state index contributed by atoms with van der Waals surface area (Å²) in [5.74, 6) is 0.645. The summed E-state index contributed by atoms with van der Waals surface area (Å²) in [7, 11) is 1.54. The van der Waals surface area contributed by atoms with Gasteiger partial charge in [-0.3, -0.25) is 9.79 Å². The minimum absolute atomic E-state index is 0.103. The van der Waals surface area contributed by atoms with Crippen molar-refractivity contribution in [2.24, 2.45) is 10.7 Å². The van der Waals surface area contributed by atoms with Crippen LogP contribution in [0, 0.1) is 5.82 Å². The van der Waals surface area contributed by atoms with Crippen LogP contribution in [0.5, 0.6) is 0 Å². The third-order valence-corrected chi connectivity index (χ3v) is 8.00. The molecule has 0 aromatic heterocycles. The number of nitrogens with two attached hydrogens (primary N) is 1. The Bertz CT molecular complexity index is 1150. The van der Waals surface area contributed by atoms with Gasteiger partial charge >= 0.3 is 0 Å². The van der Waals surface area contributed by atoms with Crippen molar-refractivity contribution in [1.82, 2.24) is 10.6 Å². The lowest BCUT2D eigenvalue weighted by molar-refractivity contribution is -0.107. The molecule has 2 aliphatic rings. The van der Waals surface area contributed by atoms with Gasteiger partial charge in [0, 0.05) is 47.9 Å². The molecule has 1 amide bonds. The second-order valence-corrected chi connectivity index (χ2v) is 10.7. The minimum Gasteiger partial charge on any atom is -0.442 e. The number of nitrogens with one attached hydrogen (secondary N) is 2. The molecule has 7 nitrogen and oxygen atoms in total. The standard InChI is InChI=1S/C26H31ClFN5O2S/c1-16(29)13-36-24-9-22(28)21(8-23(24)33(15-34)12-18-4-6-19(27)7-5-18)25(30-3)35-17(2)26-10-20(11-32-26)31-14-26/h4-9,15-16,20,31-32H,2,10-14,29H2,1,3H3/t16-,20?,26?/m1/s1. The maximum absolute atomic E-state index is 15.5. The lowest BCUT2D eigenvalue weighted by Gasteiger charge is -2.30. The largest absolute Gasteiger partial charge is 0.442 e. The van der Waals surface area contributed by atoms with Crippen molar-refractivity contribution in [1.29, 1.82) is 0 Å². The van der Waals surface area contributed by atoms with Crippen molar-refractivity contribution in [3.8, 4) is 0 Å². The number of aliphatic imine (C=N–C) groups is 1. The zero-order valence-corrected chi connectivity index (χ0v) is 22.0. The lowest BCUT2D eigenvalue weighted by Crippen LogP contribution is -2.51. The van der Waals surface area contributed by atoms with E-state index < -0.39 is 11.4 Å². The number of halogens is 2. The highest BCUT2D eigenvalue weighted by molar-refractivity contribution is 7.99. The number of ether oxygens (including phenoxy) is 1. The summed E-state index contributed by atoms with van der Waals surface area (Å²) in [5, 5.41) is 7.49. The summed E-state index contributed by atoms with van der Waals surface area (Å²) in [6.07, 6.45) is 1.58. The van der Waals surface area contributed by atoms with Gasteiger partial charge in [-0.2, -0.15) is 0 Å². The fraction of sp³-hybridized carbons (Fsp3) is 0.385. The van der Waals surface area contributed by atoms with Gasteiger partial charge in [0.05, 0.1) is 23.3 Å². The fourth-order valence-corrected chi connectivity index (χ4v) is 5.54. The molecule has 2 saturated heterocycles. The molecular weight excluding hydrogens is 501 g/mol. The molecule has 2 fully saturated rings. The van der Waals surface area contributed by atoms with Gasteiger partial charge in [0.2, 0.25) is 12.3 Å². The summed E-state index contributed by atoms with van der Waals surface area (Å²) in [4.78, 5) is 18.6. The number of nitrogens with zero attached hydrogens (tertiary/aromatic N) is 2. The summed E-state index contributed by atoms with van der Waals surface area (Å²) in [5.41, 5.74) is 7.11. The van der Waals surface area contributed by atoms with Gasteiger partial charge in [-0.25, -0.2) is 4.39 Å². The molecule has 2 heterocycles. The Hall–Kier alpha value is -2.43. The number of piperazine rings is 1. The van der Waals surface area contributed by atoms with Crippen molar-refractivity contribution in [2.45, 2.75) is 42.4 Å². The van der Waals surface area contributed by atoms with Crippen LogP contribution in [0.4, 0.5) is 10.1 Å². The first-order valence-corrected chi connectivity index (χ1v) is 13.1. The molecule has 0 radical (unpaired) electrons. The maximum Gasteiger partial charge on any atom is 0.224 e. The highest BCUT2D eigenvalue weighted by Crippen LogP contribution is 2.36. The topological polar surface area (TPSA) is 92.0 Å². The van der Waals surface area contributed by atoms with Gasteiger partial charge in [0.15, 0.2) is 0 Å². The Balaban J connectivity index is 1.66. The van der Waals surface area contributed by atoms with Gasteiger partial charge in [0.1, 0.15) is 11.6 Å². The first kappa shape index (κ1) is 26.6. The Morgan fingerprint density at radius 3 is 2.75 bits per heavy atom. The van der Waals surface area contributed by atoms with E-state index in [-0.39, 0.29) is 24.0 Å². The summed E-state index contributed by atoms with van der Waals surface area (Å²) < 4.78 is 21.5. The number of amides is 1. The van der Waals surface area contributed by atoms with Crippen LogP contribution in [0.3, 0.4) is 0 Å². The SMILES string of the molecule is C=C(OC(=NC)c1cc(N(C=O)Cc2ccc(Cl)cc2)c(SC[C@@H](C)N)cc1F)C12CNC(CN1)C2. The average molecular weight is 532 g/mol. The predicted molar refractivity (Wildman–Crippen MR) is 144 cm³/mol. The Morgan fingerprint density at radius 2 is 2.19 bits per heavy atom. The molecule has 0 aliphatic carbocycles. The number of rotatable bonds is 10. The highest BCUT2D eigenvalue weighted by Gasteiger charge is 2.48. The van der Waals surface area contributed by atoms with Crippen molar-refractivity contribution in [2.75, 3.05) is 30.8 Å². The van der Waals surface area contributed by atoms with Crippen LogP contribution in [-0.4, -0.2) is 55.8 Å². The Labute approximate surface area is 220 Å². The van der Waals surface area contributed by atoms with E-state index in [4.69, 9.17) is 22.1 Å². The van der Waals surface area contributed by atoms with Gasteiger partial charge in [-0.15, -0.1) is 11.8 Å². The second kappa shape index (κ2) is 11.3. The van der Waals surface area contributed by atoms with Gasteiger partial charge in [0.25, 0.3) is 0 Å². The molecule has 2 aromatic carbocycles. The van der Waals surface area contributed by atoms with Crippen LogP contribution in [-0.2, 0) is 16.1 Å². The lowest BCUT2D eigenvalue weighted by atomic mass is 9.98. The Morgan fingerprint density at radius 1 is 1.44 bits per heavy atom. The summed E-state index contributed by atoms with van der Waals surface area (Å²) in [6, 6.07) is 10.5. The fourth-order valence-electron chi connectivity index (χ4n) is 4.46. The van der Waals surface area contributed by atoms with E-state index in [1.54, 1.807) is 25.2 Å².